The predicted octanol–water partition coefficient (Wildman–Crippen LogP) is -1.96. The third-order valence-electron chi connectivity index (χ3n) is 6.24. The van der Waals surface area contributed by atoms with E-state index in [1.165, 1.54) is 32.9 Å². The number of carboxylic acid groups (broad SMARTS) is 1. The quantitative estimate of drug-likeness (QED) is 0.109. The van der Waals surface area contributed by atoms with Gasteiger partial charge >= 0.3 is 5.97 Å². The number of rotatable bonds is 13. The zero-order valence-electron chi connectivity index (χ0n) is 21.3. The van der Waals surface area contributed by atoms with E-state index in [2.05, 4.69) is 16.0 Å². The van der Waals surface area contributed by atoms with Gasteiger partial charge in [-0.1, -0.05) is 26.0 Å². The highest BCUT2D eigenvalue weighted by Gasteiger charge is 2.45. The molecule has 38 heavy (non-hydrogen) atoms. The van der Waals surface area contributed by atoms with Crippen LogP contribution in [0.1, 0.15) is 32.8 Å². The van der Waals surface area contributed by atoms with Crippen molar-refractivity contribution in [3.05, 3.63) is 29.8 Å². The van der Waals surface area contributed by atoms with Crippen molar-refractivity contribution in [3.8, 4) is 5.75 Å². The van der Waals surface area contributed by atoms with Gasteiger partial charge in [0.2, 0.25) is 23.4 Å². The van der Waals surface area contributed by atoms with Crippen LogP contribution in [0.3, 0.4) is 0 Å². The van der Waals surface area contributed by atoms with E-state index in [0.29, 0.717) is 5.56 Å². The van der Waals surface area contributed by atoms with Crippen LogP contribution < -0.4 is 21.7 Å². The number of carbonyl (C=O) groups is 6. The maximum atomic E-state index is 13.3. The van der Waals surface area contributed by atoms with Crippen LogP contribution in [0.25, 0.3) is 0 Å². The van der Waals surface area contributed by atoms with Crippen LogP contribution in [0.4, 0.5) is 0 Å². The normalized spacial score (nSPS) is 20.2. The van der Waals surface area contributed by atoms with Crippen LogP contribution in [0.5, 0.6) is 5.75 Å². The number of phenols is 1. The van der Waals surface area contributed by atoms with Crippen molar-refractivity contribution < 1.29 is 44.1 Å². The molecule has 0 spiro atoms. The summed E-state index contributed by atoms with van der Waals surface area (Å²) in [5, 5.41) is 36.4. The lowest BCUT2D eigenvalue weighted by Gasteiger charge is -2.28. The number of ketones is 3. The Bertz CT molecular complexity index is 1070. The second-order valence-corrected chi connectivity index (χ2v) is 9.68. The minimum atomic E-state index is -2.14. The Morgan fingerprint density at radius 1 is 1.08 bits per heavy atom. The van der Waals surface area contributed by atoms with Crippen LogP contribution >= 0.6 is 0 Å². The highest BCUT2D eigenvalue weighted by Crippen LogP contribution is 2.17. The summed E-state index contributed by atoms with van der Waals surface area (Å²) < 4.78 is 0. The molecule has 2 rings (SSSR count). The molecule has 1 aliphatic rings. The largest absolute Gasteiger partial charge is 0.508 e. The fourth-order valence-corrected chi connectivity index (χ4v) is 4.19. The maximum absolute atomic E-state index is 13.3. The van der Waals surface area contributed by atoms with Crippen molar-refractivity contribution in [2.24, 2.45) is 17.6 Å². The van der Waals surface area contributed by atoms with Crippen molar-refractivity contribution in [1.29, 1.82) is 0 Å². The van der Waals surface area contributed by atoms with Crippen molar-refractivity contribution in [2.45, 2.75) is 63.9 Å². The summed E-state index contributed by atoms with van der Waals surface area (Å²) in [6.45, 7) is 4.35. The number of hydrogen-bond acceptors (Lipinski definition) is 10. The number of carboxylic acids is 1. The van der Waals surface area contributed by atoms with Gasteiger partial charge < -0.3 is 37.0 Å². The average molecular weight is 535 g/mol. The Kier molecular flexibility index (Phi) is 10.6. The number of nitrogens with two attached hydrogens (primary N) is 1. The number of aliphatic hydroxyl groups excluding tert-OH is 1. The summed E-state index contributed by atoms with van der Waals surface area (Å²) in [6.07, 6.45) is -0.914. The molecule has 8 N–H and O–H groups in total. The first kappa shape index (κ1) is 30.5. The van der Waals surface area contributed by atoms with Crippen LogP contribution in [0.2, 0.25) is 0 Å². The van der Waals surface area contributed by atoms with Gasteiger partial charge in [-0.15, -0.1) is 0 Å². The molecule has 2 amide bonds. The minimum Gasteiger partial charge on any atom is -0.508 e. The minimum absolute atomic E-state index is 0.000199. The van der Waals surface area contributed by atoms with Gasteiger partial charge in [-0.25, -0.2) is 0 Å². The number of amides is 2. The molecule has 1 aromatic rings. The molecule has 0 radical (unpaired) electrons. The first-order valence-corrected chi connectivity index (χ1v) is 12.1. The monoisotopic (exact) mass is 534 g/mol. The molecule has 1 fully saturated rings. The molecule has 1 heterocycles. The number of Topliss-reactive ketones (excluding diaryl/α,β-unsaturated/α-hetero) is 3. The average Bonchev–Trinajstić information content (AvgIpc) is 3.27. The van der Waals surface area contributed by atoms with Gasteiger partial charge in [0.05, 0.1) is 24.2 Å². The van der Waals surface area contributed by atoms with Crippen LogP contribution in [-0.4, -0.2) is 87.3 Å². The fraction of sp³-hybridized carbons (Fsp3) is 0.520. The van der Waals surface area contributed by atoms with E-state index >= 15 is 0 Å². The lowest BCUT2D eigenvalue weighted by atomic mass is 9.83. The van der Waals surface area contributed by atoms with E-state index in [9.17, 15) is 44.1 Å². The molecule has 1 aromatic carbocycles. The third kappa shape index (κ3) is 7.91. The predicted molar refractivity (Wildman–Crippen MR) is 133 cm³/mol. The van der Waals surface area contributed by atoms with E-state index in [1.54, 1.807) is 12.1 Å². The molecule has 0 bridgehead atoms. The summed E-state index contributed by atoms with van der Waals surface area (Å²) >= 11 is 0. The number of aromatic hydroxyl groups is 1. The van der Waals surface area contributed by atoms with Crippen molar-refractivity contribution in [1.82, 2.24) is 16.0 Å². The molecule has 13 heteroatoms. The Morgan fingerprint density at radius 2 is 1.68 bits per heavy atom. The smallest absolute Gasteiger partial charge is 0.316 e. The highest BCUT2D eigenvalue weighted by atomic mass is 16.4. The van der Waals surface area contributed by atoms with Gasteiger partial charge in [0.1, 0.15) is 17.7 Å². The van der Waals surface area contributed by atoms with Crippen molar-refractivity contribution in [2.75, 3.05) is 6.54 Å². The first-order chi connectivity index (χ1) is 17.7. The number of aliphatic carboxylic acids is 1. The topological polar surface area (TPSA) is 225 Å². The van der Waals surface area contributed by atoms with Gasteiger partial charge in [0.25, 0.3) is 0 Å². The molecule has 1 aliphatic heterocycles. The van der Waals surface area contributed by atoms with Crippen LogP contribution in [0, 0.1) is 11.8 Å². The van der Waals surface area contributed by atoms with Crippen molar-refractivity contribution in [3.63, 3.8) is 0 Å². The summed E-state index contributed by atoms with van der Waals surface area (Å²) in [7, 11) is 0. The number of nitrogens with one attached hydrogen (secondary N) is 3. The van der Waals surface area contributed by atoms with Crippen molar-refractivity contribution >= 4 is 35.1 Å². The molecule has 208 valence electrons. The van der Waals surface area contributed by atoms with E-state index in [0.717, 1.165) is 0 Å². The molecule has 2 unspecified atom stereocenters. The second kappa shape index (κ2) is 13.2. The summed E-state index contributed by atoms with van der Waals surface area (Å²) in [6, 6.07) is 0.257. The van der Waals surface area contributed by atoms with Gasteiger partial charge in [-0.2, -0.15) is 0 Å². The first-order valence-electron chi connectivity index (χ1n) is 12.1. The molecule has 0 aliphatic carbocycles. The molecule has 0 saturated carbocycles. The lowest BCUT2D eigenvalue weighted by molar-refractivity contribution is -0.152. The Morgan fingerprint density at radius 3 is 2.16 bits per heavy atom. The standard InChI is InChI=1S/C25H34N4O9/c1-11(2)20(29-24(36)17(28-12(3)30)8-13-4-6-14(31)7-5-13)22(34)18(25(37)38)19(26)23(35)21(33)16-9-15(32)10-27-16/h4-7,11,15-20,27,31-32H,8-10,26H2,1-3H3,(H,28,30)(H,29,36)(H,37,38)/t15-,16+,17+,18?,19?,20+/m1/s1. The van der Waals surface area contributed by atoms with E-state index in [1.807, 2.05) is 0 Å². The van der Waals surface area contributed by atoms with Gasteiger partial charge in [0, 0.05) is 19.9 Å². The molecular weight excluding hydrogens is 500 g/mol. The molecule has 13 nitrogen and oxygen atoms in total. The molecule has 1 saturated heterocycles. The molecular formula is C25H34N4O9. The van der Waals surface area contributed by atoms with Crippen LogP contribution in [-0.2, 0) is 35.2 Å². The highest BCUT2D eigenvalue weighted by molar-refractivity contribution is 6.42. The number of phenolic OH excluding ortho intramolecular Hbond substituents is 1. The number of benzene rings is 1. The van der Waals surface area contributed by atoms with Crippen LogP contribution in [0.15, 0.2) is 24.3 Å². The van der Waals surface area contributed by atoms with E-state index in [-0.39, 0.29) is 25.1 Å². The molecule has 6 atom stereocenters. The van der Waals surface area contributed by atoms with E-state index in [4.69, 9.17) is 5.73 Å². The summed E-state index contributed by atoms with van der Waals surface area (Å²) in [5.41, 5.74) is 6.41. The van der Waals surface area contributed by atoms with Gasteiger partial charge in [0.15, 0.2) is 5.78 Å². The SMILES string of the molecule is CC(=O)N[C@@H](Cc1ccc(O)cc1)C(=O)N[C@H](C(=O)C(C(=O)O)C(N)C(=O)C(=O)[C@@H]1C[C@@H](O)CN1)C(C)C. The fourth-order valence-electron chi connectivity index (χ4n) is 4.19. The number of aliphatic hydroxyl groups is 1. The van der Waals surface area contributed by atoms with Gasteiger partial charge in [-0.3, -0.25) is 28.8 Å². The second-order valence-electron chi connectivity index (χ2n) is 9.68. The zero-order chi connectivity index (χ0) is 28.7. The van der Waals surface area contributed by atoms with Gasteiger partial charge in [-0.05, 0) is 30.0 Å². The summed E-state index contributed by atoms with van der Waals surface area (Å²) in [4.78, 5) is 75.4. The maximum Gasteiger partial charge on any atom is 0.316 e. The zero-order valence-corrected chi connectivity index (χ0v) is 21.3. The Balaban J connectivity index is 2.24. The number of hydrogen-bond donors (Lipinski definition) is 7. The molecule has 0 aromatic heterocycles. The lowest BCUT2D eigenvalue weighted by Crippen LogP contribution is -2.59. The number of carbonyl (C=O) groups excluding carboxylic acids is 5. The van der Waals surface area contributed by atoms with E-state index < -0.39 is 77.2 Å². The third-order valence-corrected chi connectivity index (χ3v) is 6.24. The Labute approximate surface area is 219 Å². The Hall–Kier alpha value is -3.68. The number of β-amino-alcohol motifs (C(OH)–C–C–N with tert-alkyl or cyclic N) is 1. The summed E-state index contributed by atoms with van der Waals surface area (Å²) in [5.74, 6) is -9.26.